The number of imidazole rings is 1. The first-order chi connectivity index (χ1) is 13.0. The van der Waals surface area contributed by atoms with Crippen LogP contribution in [0.2, 0.25) is 10.4 Å². The minimum absolute atomic E-state index is 0.00292. The molecule has 0 N–H and O–H groups in total. The third-order valence-electron chi connectivity index (χ3n) is 4.27. The summed E-state index contributed by atoms with van der Waals surface area (Å²) in [6, 6.07) is 1.80. The van der Waals surface area contributed by atoms with E-state index < -0.39 is 24.4 Å². The predicted octanol–water partition coefficient (Wildman–Crippen LogP) is 3.28. The van der Waals surface area contributed by atoms with Gasteiger partial charge in [-0.3, -0.25) is 9.36 Å². The van der Waals surface area contributed by atoms with Crippen molar-refractivity contribution in [2.45, 2.75) is 45.1 Å². The molecule has 4 heterocycles. The fourth-order valence-electron chi connectivity index (χ4n) is 3.08. The molecule has 1 saturated heterocycles. The first-order valence-electron chi connectivity index (χ1n) is 8.30. The van der Waals surface area contributed by atoms with E-state index in [-0.39, 0.29) is 10.4 Å². The van der Waals surface area contributed by atoms with Crippen molar-refractivity contribution >= 4 is 40.3 Å². The Morgan fingerprint density at radius 1 is 1.41 bits per heavy atom. The zero-order valence-electron chi connectivity index (χ0n) is 14.4. The average Bonchev–Trinajstić information content (AvgIpc) is 3.31. The molecule has 11 heteroatoms. The van der Waals surface area contributed by atoms with Crippen molar-refractivity contribution < 1.29 is 18.8 Å². The molecule has 0 spiro atoms. The highest BCUT2D eigenvalue weighted by Gasteiger charge is 2.42. The lowest BCUT2D eigenvalue weighted by atomic mass is 10.1. The summed E-state index contributed by atoms with van der Waals surface area (Å²) in [4.78, 5) is 23.8. The summed E-state index contributed by atoms with van der Waals surface area (Å²) in [5.41, 5.74) is 1.63. The van der Waals surface area contributed by atoms with Gasteiger partial charge in [-0.05, 0) is 18.0 Å². The molecule has 0 saturated carbocycles. The maximum Gasteiger partial charge on any atom is 0.303 e. The standard InChI is InChI=1S/C16H15Cl2N5O4/c1-3-8-4-10(27-22-8)13-9(25-7(2)24)5-11(26-13)23-6-19-12-14(17)20-16(18)21-15(12)23/h4,6,9,11,13H,3,5H2,1-2H3/t9-,11-,13+/m1/s1. The lowest BCUT2D eigenvalue weighted by Gasteiger charge is -2.15. The van der Waals surface area contributed by atoms with E-state index in [4.69, 9.17) is 37.2 Å². The Hall–Kier alpha value is -2.23. The number of nitrogens with zero attached hydrogens (tertiary/aromatic N) is 5. The molecule has 0 radical (unpaired) electrons. The van der Waals surface area contributed by atoms with Gasteiger partial charge in [-0.25, -0.2) is 9.97 Å². The lowest BCUT2D eigenvalue weighted by Crippen LogP contribution is -2.19. The average molecular weight is 412 g/mol. The second-order valence-corrected chi connectivity index (χ2v) is 6.77. The smallest absolute Gasteiger partial charge is 0.303 e. The number of hydrogen-bond acceptors (Lipinski definition) is 8. The summed E-state index contributed by atoms with van der Waals surface area (Å²) >= 11 is 12.0. The van der Waals surface area contributed by atoms with Crippen LogP contribution in [0.4, 0.5) is 0 Å². The van der Waals surface area contributed by atoms with Crippen molar-refractivity contribution in [3.63, 3.8) is 0 Å². The molecule has 0 aliphatic carbocycles. The molecule has 1 fully saturated rings. The van der Waals surface area contributed by atoms with Crippen LogP contribution in [0.15, 0.2) is 16.9 Å². The van der Waals surface area contributed by atoms with Gasteiger partial charge < -0.3 is 14.0 Å². The first-order valence-corrected chi connectivity index (χ1v) is 9.05. The quantitative estimate of drug-likeness (QED) is 0.365. The Bertz CT molecular complexity index is 1000. The Morgan fingerprint density at radius 3 is 2.93 bits per heavy atom. The van der Waals surface area contributed by atoms with E-state index in [0.717, 1.165) is 12.1 Å². The molecule has 1 aliphatic rings. The molecular formula is C16H15Cl2N5O4. The highest BCUT2D eigenvalue weighted by Crippen LogP contribution is 2.41. The normalized spacial score (nSPS) is 22.4. The van der Waals surface area contributed by atoms with Gasteiger partial charge in [0.25, 0.3) is 0 Å². The van der Waals surface area contributed by atoms with Crippen LogP contribution < -0.4 is 0 Å². The SMILES string of the molecule is CCc1cc([C@H]2O[C@@H](n3cnc4c(Cl)nc(Cl)nc43)C[C@H]2OC(C)=O)on1. The van der Waals surface area contributed by atoms with Crippen LogP contribution in [0.3, 0.4) is 0 Å². The minimum Gasteiger partial charge on any atom is -0.459 e. The second kappa shape index (κ2) is 7.06. The maximum atomic E-state index is 11.5. The predicted molar refractivity (Wildman–Crippen MR) is 94.3 cm³/mol. The molecule has 3 atom stereocenters. The molecule has 3 aromatic heterocycles. The van der Waals surface area contributed by atoms with Gasteiger partial charge >= 0.3 is 5.97 Å². The van der Waals surface area contributed by atoms with Gasteiger partial charge in [0.05, 0.1) is 12.0 Å². The number of halogens is 2. The number of rotatable bonds is 4. The van der Waals surface area contributed by atoms with E-state index >= 15 is 0 Å². The van der Waals surface area contributed by atoms with Gasteiger partial charge in [0.1, 0.15) is 17.8 Å². The van der Waals surface area contributed by atoms with Crippen LogP contribution in [0.25, 0.3) is 11.2 Å². The van der Waals surface area contributed by atoms with Gasteiger partial charge in [-0.1, -0.05) is 23.7 Å². The molecule has 0 aromatic carbocycles. The Kier molecular flexibility index (Phi) is 4.75. The highest BCUT2D eigenvalue weighted by atomic mass is 35.5. The number of aryl methyl sites for hydroxylation is 1. The van der Waals surface area contributed by atoms with E-state index in [1.54, 1.807) is 10.6 Å². The van der Waals surface area contributed by atoms with Crippen molar-refractivity contribution in [1.29, 1.82) is 0 Å². The summed E-state index contributed by atoms with van der Waals surface area (Å²) in [7, 11) is 0. The van der Waals surface area contributed by atoms with Gasteiger partial charge in [0.15, 0.2) is 22.7 Å². The van der Waals surface area contributed by atoms with Crippen molar-refractivity contribution in [3.05, 3.63) is 34.3 Å². The molecule has 0 unspecified atom stereocenters. The van der Waals surface area contributed by atoms with Gasteiger partial charge in [-0.2, -0.15) is 4.98 Å². The van der Waals surface area contributed by atoms with Crippen molar-refractivity contribution in [2.24, 2.45) is 0 Å². The molecule has 27 heavy (non-hydrogen) atoms. The molecule has 0 bridgehead atoms. The highest BCUT2D eigenvalue weighted by molar-refractivity contribution is 6.35. The zero-order chi connectivity index (χ0) is 19.1. The third kappa shape index (κ3) is 3.38. The van der Waals surface area contributed by atoms with Crippen molar-refractivity contribution in [1.82, 2.24) is 24.7 Å². The van der Waals surface area contributed by atoms with Crippen LogP contribution in [-0.4, -0.2) is 36.7 Å². The number of carbonyl (C=O) groups excluding carboxylic acids is 1. The Balaban J connectivity index is 1.69. The van der Waals surface area contributed by atoms with Gasteiger partial charge in [0.2, 0.25) is 5.28 Å². The van der Waals surface area contributed by atoms with E-state index in [1.165, 1.54) is 13.3 Å². The van der Waals surface area contributed by atoms with Crippen LogP contribution in [0, 0.1) is 0 Å². The van der Waals surface area contributed by atoms with E-state index in [9.17, 15) is 4.79 Å². The van der Waals surface area contributed by atoms with Crippen molar-refractivity contribution in [3.8, 4) is 0 Å². The molecule has 9 nitrogen and oxygen atoms in total. The van der Waals surface area contributed by atoms with Gasteiger partial charge in [0, 0.05) is 19.4 Å². The molecule has 3 aromatic rings. The van der Waals surface area contributed by atoms with Crippen LogP contribution in [0.1, 0.15) is 44.1 Å². The summed E-state index contributed by atoms with van der Waals surface area (Å²) in [6.07, 6.45) is 0.973. The molecule has 4 rings (SSSR count). The number of ether oxygens (including phenoxy) is 2. The number of carbonyl (C=O) groups is 1. The van der Waals surface area contributed by atoms with E-state index in [1.807, 2.05) is 6.92 Å². The molecule has 0 amide bonds. The molecule has 1 aliphatic heterocycles. The Labute approximate surface area is 163 Å². The molecule has 142 valence electrons. The Morgan fingerprint density at radius 2 is 2.22 bits per heavy atom. The zero-order valence-corrected chi connectivity index (χ0v) is 15.9. The number of fused-ring (bicyclic) bond motifs is 1. The molecular weight excluding hydrogens is 397 g/mol. The van der Waals surface area contributed by atoms with E-state index in [0.29, 0.717) is 23.3 Å². The largest absolute Gasteiger partial charge is 0.459 e. The first kappa shape index (κ1) is 18.1. The maximum absolute atomic E-state index is 11.5. The summed E-state index contributed by atoms with van der Waals surface area (Å²) < 4.78 is 18.6. The summed E-state index contributed by atoms with van der Waals surface area (Å²) in [5, 5.41) is 4.14. The second-order valence-electron chi connectivity index (χ2n) is 6.08. The monoisotopic (exact) mass is 411 g/mol. The van der Waals surface area contributed by atoms with Gasteiger partial charge in [-0.15, -0.1) is 0 Å². The summed E-state index contributed by atoms with van der Waals surface area (Å²) in [6.45, 7) is 3.32. The fraction of sp³-hybridized carbons (Fsp3) is 0.438. The summed E-state index contributed by atoms with van der Waals surface area (Å²) in [5.74, 6) is 0.0871. The van der Waals surface area contributed by atoms with Crippen molar-refractivity contribution in [2.75, 3.05) is 0 Å². The minimum atomic E-state index is -0.600. The van der Waals surface area contributed by atoms with E-state index in [2.05, 4.69) is 20.1 Å². The lowest BCUT2D eigenvalue weighted by molar-refractivity contribution is -0.150. The number of hydrogen-bond donors (Lipinski definition) is 0. The fourth-order valence-corrected chi connectivity index (χ4v) is 3.51. The number of esters is 1. The van der Waals surface area contributed by atoms with Crippen LogP contribution in [-0.2, 0) is 20.7 Å². The van der Waals surface area contributed by atoms with Crippen LogP contribution >= 0.6 is 23.2 Å². The topological polar surface area (TPSA) is 105 Å². The van der Waals surface area contributed by atoms with Crippen LogP contribution in [0.5, 0.6) is 0 Å². The third-order valence-corrected chi connectivity index (χ3v) is 4.71. The number of aromatic nitrogens is 5.